The molecule has 3 nitrogen and oxygen atoms in total. The van der Waals surface area contributed by atoms with Gasteiger partial charge in [-0.3, -0.25) is 0 Å². The summed E-state index contributed by atoms with van der Waals surface area (Å²) >= 11 is 8.86. The molecule has 0 saturated heterocycles. The molecule has 1 heterocycles. The molecule has 0 aliphatic carbocycles. The maximum absolute atomic E-state index is 11.3. The molecule has 0 spiro atoms. The van der Waals surface area contributed by atoms with Crippen LogP contribution in [0.25, 0.3) is 0 Å². The van der Waals surface area contributed by atoms with E-state index >= 15 is 0 Å². The fourth-order valence-electron chi connectivity index (χ4n) is 0.896. The lowest BCUT2D eigenvalue weighted by Crippen LogP contribution is -2.06. The second-order valence-electron chi connectivity index (χ2n) is 2.79. The molecular weight excluding hydrogens is 290 g/mol. The van der Waals surface area contributed by atoms with Crippen LogP contribution in [0.2, 0.25) is 5.15 Å². The Labute approximate surface area is 96.5 Å². The number of pyridine rings is 1. The van der Waals surface area contributed by atoms with Crippen LogP contribution >= 0.6 is 27.5 Å². The highest BCUT2D eigenvalue weighted by molar-refractivity contribution is 9.10. The van der Waals surface area contributed by atoms with E-state index in [0.717, 1.165) is 0 Å². The minimum Gasteiger partial charge on any atom is -0.243 e. The number of aromatic nitrogens is 1. The molecule has 0 aliphatic rings. The molecule has 6 heteroatoms. The topological polar surface area (TPSA) is 47.0 Å². The van der Waals surface area contributed by atoms with Gasteiger partial charge in [-0.2, -0.15) is 0 Å². The molecule has 0 radical (unpaired) electrons. The average Bonchev–Trinajstić information content (AvgIpc) is 2.11. The summed E-state index contributed by atoms with van der Waals surface area (Å²) in [6.07, 6.45) is 1.47. The van der Waals surface area contributed by atoms with Crippen molar-refractivity contribution in [3.63, 3.8) is 0 Å². The van der Waals surface area contributed by atoms with E-state index in [1.54, 1.807) is 13.0 Å². The zero-order chi connectivity index (χ0) is 10.8. The van der Waals surface area contributed by atoms with Gasteiger partial charge in [0.2, 0.25) is 0 Å². The third kappa shape index (κ3) is 3.22. The number of nitrogens with zero attached hydrogens (tertiary/aromatic N) is 1. The first-order chi connectivity index (χ1) is 6.44. The van der Waals surface area contributed by atoms with E-state index in [0.29, 0.717) is 15.2 Å². The van der Waals surface area contributed by atoms with E-state index < -0.39 is 9.84 Å². The molecule has 0 amide bonds. The van der Waals surface area contributed by atoms with Crippen LogP contribution in [-0.4, -0.2) is 19.2 Å². The highest BCUT2D eigenvalue weighted by Gasteiger charge is 2.10. The first-order valence-electron chi connectivity index (χ1n) is 3.95. The maximum Gasteiger partial charge on any atom is 0.154 e. The summed E-state index contributed by atoms with van der Waals surface area (Å²) in [6.45, 7) is 1.62. The van der Waals surface area contributed by atoms with Crippen molar-refractivity contribution in [2.45, 2.75) is 12.7 Å². The molecule has 1 rings (SSSR count). The third-order valence-electron chi connectivity index (χ3n) is 1.68. The van der Waals surface area contributed by atoms with Gasteiger partial charge in [0, 0.05) is 11.9 Å². The molecule has 0 N–H and O–H groups in total. The van der Waals surface area contributed by atoms with Crippen molar-refractivity contribution in [1.29, 1.82) is 0 Å². The number of sulfone groups is 1. The van der Waals surface area contributed by atoms with Crippen LogP contribution in [0, 0.1) is 0 Å². The number of hydrogen-bond donors (Lipinski definition) is 0. The molecule has 0 fully saturated rings. The van der Waals surface area contributed by atoms with Gasteiger partial charge in [0.25, 0.3) is 0 Å². The van der Waals surface area contributed by atoms with Crippen molar-refractivity contribution in [3.05, 3.63) is 27.5 Å². The Morgan fingerprint density at radius 2 is 2.21 bits per heavy atom. The molecule has 0 unspecified atom stereocenters. The monoisotopic (exact) mass is 297 g/mol. The van der Waals surface area contributed by atoms with Gasteiger partial charge >= 0.3 is 0 Å². The van der Waals surface area contributed by atoms with Crippen LogP contribution in [0.1, 0.15) is 12.5 Å². The quantitative estimate of drug-likeness (QED) is 0.805. The van der Waals surface area contributed by atoms with Gasteiger partial charge in [-0.1, -0.05) is 18.5 Å². The van der Waals surface area contributed by atoms with Crippen molar-refractivity contribution < 1.29 is 8.42 Å². The summed E-state index contributed by atoms with van der Waals surface area (Å²) in [5.41, 5.74) is 0.642. The molecule has 1 aromatic rings. The predicted octanol–water partition coefficient (Wildman–Crippen LogP) is 2.43. The van der Waals surface area contributed by atoms with Gasteiger partial charge in [-0.05, 0) is 27.6 Å². The summed E-state index contributed by atoms with van der Waals surface area (Å²) in [6, 6.07) is 1.67. The molecule has 0 atom stereocenters. The molecule has 78 valence electrons. The molecule has 0 bridgehead atoms. The fraction of sp³-hybridized carbons (Fsp3) is 0.375. The van der Waals surface area contributed by atoms with Crippen molar-refractivity contribution >= 4 is 37.4 Å². The highest BCUT2D eigenvalue weighted by atomic mass is 79.9. The zero-order valence-electron chi connectivity index (χ0n) is 7.50. The van der Waals surface area contributed by atoms with Crippen LogP contribution in [-0.2, 0) is 15.6 Å². The first-order valence-corrected chi connectivity index (χ1v) is 6.94. The Morgan fingerprint density at radius 1 is 1.57 bits per heavy atom. The Kier molecular flexibility index (Phi) is 3.92. The molecular formula is C8H9BrClNO2S. The molecule has 0 aliphatic heterocycles. The van der Waals surface area contributed by atoms with Crippen molar-refractivity contribution in [2.75, 3.05) is 5.75 Å². The van der Waals surface area contributed by atoms with Gasteiger partial charge in [0.05, 0.1) is 10.2 Å². The van der Waals surface area contributed by atoms with Crippen LogP contribution in [0.3, 0.4) is 0 Å². The van der Waals surface area contributed by atoms with E-state index in [4.69, 9.17) is 11.6 Å². The number of hydrogen-bond acceptors (Lipinski definition) is 3. The lowest BCUT2D eigenvalue weighted by Gasteiger charge is -2.02. The van der Waals surface area contributed by atoms with Gasteiger partial charge in [-0.25, -0.2) is 13.4 Å². The molecule has 14 heavy (non-hydrogen) atoms. The lowest BCUT2D eigenvalue weighted by molar-refractivity contribution is 0.596. The van der Waals surface area contributed by atoms with Gasteiger partial charge in [0.1, 0.15) is 5.15 Å². The van der Waals surface area contributed by atoms with E-state index in [-0.39, 0.29) is 11.5 Å². The van der Waals surface area contributed by atoms with Crippen LogP contribution < -0.4 is 0 Å². The van der Waals surface area contributed by atoms with Crippen molar-refractivity contribution in [3.8, 4) is 0 Å². The number of halogens is 2. The summed E-state index contributed by atoms with van der Waals surface area (Å²) in [5, 5.41) is 0.336. The molecule has 0 saturated carbocycles. The second-order valence-corrected chi connectivity index (χ2v) is 6.36. The summed E-state index contributed by atoms with van der Waals surface area (Å²) < 4.78 is 23.2. The van der Waals surface area contributed by atoms with Crippen molar-refractivity contribution in [2.24, 2.45) is 0 Å². The summed E-state index contributed by atoms with van der Waals surface area (Å²) in [7, 11) is -3.01. The van der Waals surface area contributed by atoms with Crippen LogP contribution in [0.4, 0.5) is 0 Å². The lowest BCUT2D eigenvalue weighted by atomic mass is 10.3. The Balaban J connectivity index is 2.94. The Bertz CT molecular complexity index is 433. The van der Waals surface area contributed by atoms with Crippen LogP contribution in [0.5, 0.6) is 0 Å². The minimum absolute atomic E-state index is 0.00622. The average molecular weight is 299 g/mol. The van der Waals surface area contributed by atoms with Gasteiger partial charge in [0.15, 0.2) is 9.84 Å². The largest absolute Gasteiger partial charge is 0.243 e. The Hall–Kier alpha value is -0.130. The second kappa shape index (κ2) is 4.59. The van der Waals surface area contributed by atoms with Crippen molar-refractivity contribution in [1.82, 2.24) is 4.98 Å². The molecule has 1 aromatic heterocycles. The number of rotatable bonds is 3. The van der Waals surface area contributed by atoms with Gasteiger partial charge in [-0.15, -0.1) is 0 Å². The van der Waals surface area contributed by atoms with Gasteiger partial charge < -0.3 is 0 Å². The first kappa shape index (κ1) is 11.9. The zero-order valence-corrected chi connectivity index (χ0v) is 10.7. The smallest absolute Gasteiger partial charge is 0.154 e. The van der Waals surface area contributed by atoms with E-state index in [9.17, 15) is 8.42 Å². The highest BCUT2D eigenvalue weighted by Crippen LogP contribution is 2.21. The third-order valence-corrected chi connectivity index (χ3v) is 4.47. The normalized spacial score (nSPS) is 11.6. The fourth-order valence-corrected chi connectivity index (χ4v) is 2.27. The van der Waals surface area contributed by atoms with E-state index in [1.165, 1.54) is 6.20 Å². The minimum atomic E-state index is -3.01. The predicted molar refractivity (Wildman–Crippen MR) is 60.1 cm³/mol. The standard InChI is InChI=1S/C8H9BrClNO2S/c1-2-14(12,13)5-6-3-7(9)8(10)11-4-6/h3-4H,2,5H2,1H3. The maximum atomic E-state index is 11.3. The summed E-state index contributed by atoms with van der Waals surface area (Å²) in [4.78, 5) is 3.85. The molecule has 0 aromatic carbocycles. The Morgan fingerprint density at radius 3 is 2.71 bits per heavy atom. The summed E-state index contributed by atoms with van der Waals surface area (Å²) in [5.74, 6) is 0.138. The van der Waals surface area contributed by atoms with E-state index in [1.807, 2.05) is 0 Å². The van der Waals surface area contributed by atoms with E-state index in [2.05, 4.69) is 20.9 Å². The SMILES string of the molecule is CCS(=O)(=O)Cc1cnc(Cl)c(Br)c1. The van der Waals surface area contributed by atoms with Crippen LogP contribution in [0.15, 0.2) is 16.7 Å².